The molecule has 4 rings (SSSR count). The zero-order valence-corrected chi connectivity index (χ0v) is 21.7. The number of thiocarbonyl (C=S) groups is 1. The highest BCUT2D eigenvalue weighted by atomic mass is 79.9. The molecule has 0 unspecified atom stereocenters. The third-order valence-electron chi connectivity index (χ3n) is 5.83. The standard InChI is InChI=1S/C26H24BrN3O3S/c1-16-13-19(14-23-24(31)28(3)26(34)29(4)25(23)32)17(2)30(16)21-9-11-22(12-10-21)33-15-18-5-7-20(27)8-6-18/h5-14H,15H2,1-4H3. The summed E-state index contributed by atoms with van der Waals surface area (Å²) >= 11 is 8.60. The highest BCUT2D eigenvalue weighted by Gasteiger charge is 2.35. The maximum atomic E-state index is 12.7. The summed E-state index contributed by atoms with van der Waals surface area (Å²) in [5.41, 5.74) is 4.86. The lowest BCUT2D eigenvalue weighted by Crippen LogP contribution is -2.52. The third kappa shape index (κ3) is 4.56. The van der Waals surface area contributed by atoms with Crippen molar-refractivity contribution in [2.24, 2.45) is 0 Å². The van der Waals surface area contributed by atoms with Crippen molar-refractivity contribution in [3.8, 4) is 11.4 Å². The Morgan fingerprint density at radius 1 is 0.941 bits per heavy atom. The number of aromatic nitrogens is 1. The summed E-state index contributed by atoms with van der Waals surface area (Å²) in [5, 5.41) is 0.195. The molecule has 3 aromatic rings. The van der Waals surface area contributed by atoms with Crippen LogP contribution in [0.2, 0.25) is 0 Å². The zero-order valence-electron chi connectivity index (χ0n) is 19.3. The number of hydrogen-bond acceptors (Lipinski definition) is 4. The van der Waals surface area contributed by atoms with Crippen molar-refractivity contribution in [2.45, 2.75) is 20.5 Å². The van der Waals surface area contributed by atoms with Gasteiger partial charge >= 0.3 is 0 Å². The molecule has 1 aliphatic heterocycles. The van der Waals surface area contributed by atoms with Gasteiger partial charge in [0.1, 0.15) is 17.9 Å². The second kappa shape index (κ2) is 9.56. The second-order valence-electron chi connectivity index (χ2n) is 8.14. The van der Waals surface area contributed by atoms with Crippen LogP contribution in [0.3, 0.4) is 0 Å². The van der Waals surface area contributed by atoms with Gasteiger partial charge in [0.25, 0.3) is 11.8 Å². The number of ether oxygens (including phenoxy) is 1. The predicted octanol–water partition coefficient (Wildman–Crippen LogP) is 5.03. The van der Waals surface area contributed by atoms with Crippen molar-refractivity contribution in [2.75, 3.05) is 14.1 Å². The van der Waals surface area contributed by atoms with Crippen LogP contribution < -0.4 is 4.74 Å². The third-order valence-corrected chi connectivity index (χ3v) is 6.90. The SMILES string of the molecule is Cc1cc(C=C2C(=O)N(C)C(=S)N(C)C2=O)c(C)n1-c1ccc(OCc2ccc(Br)cc2)cc1. The number of aryl methyl sites for hydroxylation is 1. The van der Waals surface area contributed by atoms with Gasteiger partial charge in [-0.2, -0.15) is 0 Å². The van der Waals surface area contributed by atoms with Crippen molar-refractivity contribution in [1.82, 2.24) is 14.4 Å². The molecule has 1 fully saturated rings. The summed E-state index contributed by atoms with van der Waals surface area (Å²) in [6, 6.07) is 17.8. The largest absolute Gasteiger partial charge is 0.489 e. The molecule has 0 saturated carbocycles. The topological polar surface area (TPSA) is 54.8 Å². The van der Waals surface area contributed by atoms with E-state index in [1.54, 1.807) is 20.2 Å². The van der Waals surface area contributed by atoms with Crippen LogP contribution in [0.15, 0.2) is 64.6 Å². The molecular weight excluding hydrogens is 514 g/mol. The number of nitrogens with zero attached hydrogens (tertiary/aromatic N) is 3. The van der Waals surface area contributed by atoms with E-state index >= 15 is 0 Å². The molecule has 1 aliphatic rings. The zero-order chi connectivity index (χ0) is 24.6. The van der Waals surface area contributed by atoms with E-state index in [0.717, 1.165) is 38.4 Å². The van der Waals surface area contributed by atoms with E-state index in [9.17, 15) is 9.59 Å². The maximum absolute atomic E-state index is 12.7. The van der Waals surface area contributed by atoms with Crippen molar-refractivity contribution >= 4 is 51.2 Å². The number of hydrogen-bond donors (Lipinski definition) is 0. The van der Waals surface area contributed by atoms with Crippen LogP contribution in [0.4, 0.5) is 0 Å². The van der Waals surface area contributed by atoms with Gasteiger partial charge in [-0.1, -0.05) is 28.1 Å². The summed E-state index contributed by atoms with van der Waals surface area (Å²) in [5.74, 6) is -0.0210. The Balaban J connectivity index is 1.57. The monoisotopic (exact) mass is 537 g/mol. The molecule has 0 aliphatic carbocycles. The van der Waals surface area contributed by atoms with Gasteiger partial charge in [0, 0.05) is 35.6 Å². The fraction of sp³-hybridized carbons (Fsp3) is 0.192. The van der Waals surface area contributed by atoms with Crippen LogP contribution in [0.1, 0.15) is 22.5 Å². The number of benzene rings is 2. The lowest BCUT2D eigenvalue weighted by molar-refractivity contribution is -0.132. The highest BCUT2D eigenvalue weighted by molar-refractivity contribution is 9.10. The Morgan fingerprint density at radius 2 is 1.53 bits per heavy atom. The molecule has 34 heavy (non-hydrogen) atoms. The van der Waals surface area contributed by atoms with E-state index in [4.69, 9.17) is 17.0 Å². The van der Waals surface area contributed by atoms with Crippen LogP contribution in [-0.4, -0.2) is 45.4 Å². The number of halogens is 1. The smallest absolute Gasteiger partial charge is 0.265 e. The highest BCUT2D eigenvalue weighted by Crippen LogP contribution is 2.26. The Kier molecular flexibility index (Phi) is 6.72. The van der Waals surface area contributed by atoms with Gasteiger partial charge in [0.05, 0.1) is 0 Å². The van der Waals surface area contributed by atoms with Gasteiger partial charge in [-0.25, -0.2) is 0 Å². The molecule has 2 aromatic carbocycles. The Morgan fingerprint density at radius 3 is 2.12 bits per heavy atom. The fourth-order valence-electron chi connectivity index (χ4n) is 3.90. The van der Waals surface area contributed by atoms with E-state index < -0.39 is 11.8 Å². The minimum absolute atomic E-state index is 0.0931. The van der Waals surface area contributed by atoms with Crippen LogP contribution >= 0.6 is 28.1 Å². The minimum atomic E-state index is -0.398. The molecular formula is C26H24BrN3O3S. The summed E-state index contributed by atoms with van der Waals surface area (Å²) in [6.45, 7) is 4.44. The van der Waals surface area contributed by atoms with Gasteiger partial charge in [0.15, 0.2) is 5.11 Å². The van der Waals surface area contributed by atoms with Crippen molar-refractivity contribution < 1.29 is 14.3 Å². The number of amides is 2. The van der Waals surface area contributed by atoms with Gasteiger partial charge in [-0.15, -0.1) is 0 Å². The lowest BCUT2D eigenvalue weighted by atomic mass is 10.1. The number of carbonyl (C=O) groups is 2. The molecule has 0 atom stereocenters. The van der Waals surface area contributed by atoms with E-state index in [1.807, 2.05) is 68.4 Å². The minimum Gasteiger partial charge on any atom is -0.489 e. The van der Waals surface area contributed by atoms with Crippen LogP contribution in [0, 0.1) is 13.8 Å². The first-order valence-corrected chi connectivity index (χ1v) is 11.9. The molecule has 1 saturated heterocycles. The average Bonchev–Trinajstić information content (AvgIpc) is 3.12. The van der Waals surface area contributed by atoms with Gasteiger partial charge in [-0.3, -0.25) is 19.4 Å². The van der Waals surface area contributed by atoms with E-state index in [0.29, 0.717) is 6.61 Å². The predicted molar refractivity (Wildman–Crippen MR) is 140 cm³/mol. The molecule has 6 nitrogen and oxygen atoms in total. The molecule has 2 heterocycles. The molecule has 0 radical (unpaired) electrons. The second-order valence-corrected chi connectivity index (χ2v) is 9.42. The van der Waals surface area contributed by atoms with Gasteiger partial charge in [0.2, 0.25) is 0 Å². The van der Waals surface area contributed by atoms with Crippen molar-refractivity contribution in [3.63, 3.8) is 0 Å². The Labute approximate surface area is 212 Å². The summed E-state index contributed by atoms with van der Waals surface area (Å²) in [6.07, 6.45) is 1.65. The molecule has 8 heteroatoms. The normalized spacial score (nSPS) is 14.1. The molecule has 0 spiro atoms. The quantitative estimate of drug-likeness (QED) is 0.260. The molecule has 0 N–H and O–H groups in total. The number of rotatable bonds is 5. The fourth-order valence-corrected chi connectivity index (χ4v) is 4.33. The first-order valence-electron chi connectivity index (χ1n) is 10.7. The summed E-state index contributed by atoms with van der Waals surface area (Å²) in [4.78, 5) is 28.0. The van der Waals surface area contributed by atoms with Crippen LogP contribution in [-0.2, 0) is 16.2 Å². The Bertz CT molecular complexity index is 1280. The van der Waals surface area contributed by atoms with Crippen molar-refractivity contribution in [3.05, 3.63) is 87.2 Å². The van der Waals surface area contributed by atoms with E-state index in [1.165, 1.54) is 9.80 Å². The molecule has 2 amide bonds. The average molecular weight is 538 g/mol. The summed E-state index contributed by atoms with van der Waals surface area (Å²) < 4.78 is 9.03. The molecule has 0 bridgehead atoms. The summed E-state index contributed by atoms with van der Waals surface area (Å²) in [7, 11) is 3.15. The van der Waals surface area contributed by atoms with Crippen molar-refractivity contribution in [1.29, 1.82) is 0 Å². The number of carbonyl (C=O) groups excluding carboxylic acids is 2. The first kappa shape index (κ1) is 23.9. The molecule has 1 aromatic heterocycles. The molecule has 174 valence electrons. The number of likely N-dealkylation sites (N-methyl/N-ethyl adjacent to an activating group) is 2. The van der Waals surface area contributed by atoms with E-state index in [2.05, 4.69) is 20.5 Å². The maximum Gasteiger partial charge on any atom is 0.265 e. The lowest BCUT2D eigenvalue weighted by Gasteiger charge is -2.31. The Hall–Kier alpha value is -3.23. The van der Waals surface area contributed by atoms with Crippen LogP contribution in [0.5, 0.6) is 5.75 Å². The van der Waals surface area contributed by atoms with Gasteiger partial charge < -0.3 is 9.30 Å². The first-order chi connectivity index (χ1) is 16.2. The van der Waals surface area contributed by atoms with E-state index in [-0.39, 0.29) is 10.7 Å². The van der Waals surface area contributed by atoms with Gasteiger partial charge in [-0.05, 0) is 85.7 Å². The van der Waals surface area contributed by atoms with Crippen LogP contribution in [0.25, 0.3) is 11.8 Å².